The van der Waals surface area contributed by atoms with E-state index in [0.29, 0.717) is 18.4 Å². The number of esters is 3. The van der Waals surface area contributed by atoms with Crippen molar-refractivity contribution in [1.29, 1.82) is 0 Å². The van der Waals surface area contributed by atoms with Gasteiger partial charge in [0.1, 0.15) is 24.1 Å². The van der Waals surface area contributed by atoms with Crippen LogP contribution in [0.1, 0.15) is 66.4 Å². The highest BCUT2D eigenvalue weighted by Crippen LogP contribution is 2.86. The molecule has 4 aliphatic rings. The lowest BCUT2D eigenvalue weighted by molar-refractivity contribution is -0.191. The molecule has 0 radical (unpaired) electrons. The molecule has 9 unspecified atom stereocenters. The van der Waals surface area contributed by atoms with Crippen LogP contribution >= 0.6 is 0 Å². The van der Waals surface area contributed by atoms with Gasteiger partial charge in [-0.05, 0) is 35.5 Å². The van der Waals surface area contributed by atoms with Gasteiger partial charge in [-0.25, -0.2) is 4.79 Å². The normalized spacial score (nSPS) is 40.6. The van der Waals surface area contributed by atoms with Crippen molar-refractivity contribution >= 4 is 29.8 Å². The Hall–Kier alpha value is -3.26. The van der Waals surface area contributed by atoms with Gasteiger partial charge in [-0.15, -0.1) is 0 Å². The molecule has 220 valence electrons. The second-order valence-corrected chi connectivity index (χ2v) is 13.1. The monoisotopic (exact) mass is 564 g/mol. The first-order valence-electron chi connectivity index (χ1n) is 14.4. The van der Waals surface area contributed by atoms with Crippen molar-refractivity contribution in [2.75, 3.05) is 0 Å². The number of hydrogen-bond acceptors (Lipinski definition) is 8. The van der Waals surface area contributed by atoms with Crippen LogP contribution in [0.5, 0.6) is 0 Å². The standard InChI is InChI=1S/C33H40O8/c1-18-24(36)17-23-28(39-20(3)34)33-19(2)25(41-26(37)14-13-22-11-9-8-10-12-22)15-16-31(33,7)27(38)29(40-21(4)35)32(18,33)30(23,5)6/h8-14,18,23,25,27-29,38H,2,15-17H2,1,3-7H3. The van der Waals surface area contributed by atoms with Crippen LogP contribution in [0.15, 0.2) is 48.6 Å². The van der Waals surface area contributed by atoms with E-state index in [9.17, 15) is 24.3 Å². The average molecular weight is 565 g/mol. The summed E-state index contributed by atoms with van der Waals surface area (Å²) in [6, 6.07) is 9.37. The molecule has 8 heteroatoms. The van der Waals surface area contributed by atoms with Gasteiger partial charge in [-0.2, -0.15) is 0 Å². The van der Waals surface area contributed by atoms with Gasteiger partial charge in [-0.1, -0.05) is 64.6 Å². The largest absolute Gasteiger partial charge is 0.461 e. The molecule has 0 aromatic heterocycles. The lowest BCUT2D eigenvalue weighted by Gasteiger charge is -2.60. The Morgan fingerprint density at radius 2 is 1.61 bits per heavy atom. The zero-order chi connectivity index (χ0) is 30.1. The fourth-order valence-electron chi connectivity index (χ4n) is 9.83. The third kappa shape index (κ3) is 3.62. The quantitative estimate of drug-likeness (QED) is 0.242. The Kier molecular flexibility index (Phi) is 6.88. The molecule has 4 saturated carbocycles. The molecule has 0 amide bonds. The lowest BCUT2D eigenvalue weighted by atomic mass is 9.42. The predicted molar refractivity (Wildman–Crippen MR) is 150 cm³/mol. The van der Waals surface area contributed by atoms with E-state index in [1.165, 1.54) is 19.9 Å². The van der Waals surface area contributed by atoms with Gasteiger partial charge >= 0.3 is 17.9 Å². The summed E-state index contributed by atoms with van der Waals surface area (Å²) in [5.41, 5.74) is -2.81. The number of ether oxygens (including phenoxy) is 3. The van der Waals surface area contributed by atoms with Crippen LogP contribution in [0.25, 0.3) is 6.08 Å². The summed E-state index contributed by atoms with van der Waals surface area (Å²) in [5.74, 6) is -2.79. The number of aliphatic hydroxyl groups excluding tert-OH is 1. The first-order valence-corrected chi connectivity index (χ1v) is 14.4. The van der Waals surface area contributed by atoms with Gasteiger partial charge in [0.05, 0.1) is 11.5 Å². The molecule has 5 rings (SSSR count). The Morgan fingerprint density at radius 1 is 1.00 bits per heavy atom. The average Bonchev–Trinajstić information content (AvgIpc) is 3.14. The Bertz CT molecular complexity index is 1330. The number of fused-ring (bicyclic) bond motifs is 1. The first-order chi connectivity index (χ1) is 19.2. The third-order valence-electron chi connectivity index (χ3n) is 11.2. The highest BCUT2D eigenvalue weighted by atomic mass is 16.6. The van der Waals surface area contributed by atoms with E-state index in [2.05, 4.69) is 6.58 Å². The van der Waals surface area contributed by atoms with E-state index in [0.717, 1.165) is 5.56 Å². The van der Waals surface area contributed by atoms with Crippen LogP contribution in [0.3, 0.4) is 0 Å². The number of Topliss-reactive ketones (excluding diaryl/α,β-unsaturated/α-hetero) is 1. The van der Waals surface area contributed by atoms with Crippen molar-refractivity contribution in [1.82, 2.24) is 0 Å². The number of rotatable bonds is 5. The van der Waals surface area contributed by atoms with Gasteiger partial charge in [0.15, 0.2) is 0 Å². The summed E-state index contributed by atoms with van der Waals surface area (Å²) >= 11 is 0. The van der Waals surface area contributed by atoms with Crippen molar-refractivity contribution in [2.45, 2.75) is 85.2 Å². The number of ketones is 1. The van der Waals surface area contributed by atoms with Crippen LogP contribution in [-0.2, 0) is 33.4 Å². The Labute approximate surface area is 241 Å². The molecular weight excluding hydrogens is 524 g/mol. The van der Waals surface area contributed by atoms with Crippen molar-refractivity contribution in [3.8, 4) is 0 Å². The minimum absolute atomic E-state index is 0.0466. The summed E-state index contributed by atoms with van der Waals surface area (Å²) in [7, 11) is 0. The van der Waals surface area contributed by atoms with Crippen LogP contribution in [0.4, 0.5) is 0 Å². The van der Waals surface area contributed by atoms with Crippen molar-refractivity contribution in [2.24, 2.45) is 33.5 Å². The van der Waals surface area contributed by atoms with Crippen LogP contribution < -0.4 is 0 Å². The summed E-state index contributed by atoms with van der Waals surface area (Å²) in [5, 5.41) is 12.1. The van der Waals surface area contributed by atoms with Crippen LogP contribution in [0, 0.1) is 33.5 Å². The van der Waals surface area contributed by atoms with Gasteiger partial charge in [-0.3, -0.25) is 14.4 Å². The number of benzene rings is 1. The number of aliphatic hydroxyl groups is 1. The molecule has 2 spiro atoms. The maximum atomic E-state index is 13.7. The minimum Gasteiger partial charge on any atom is -0.461 e. The fourth-order valence-corrected chi connectivity index (χ4v) is 9.83. The summed E-state index contributed by atoms with van der Waals surface area (Å²) in [6.07, 6.45) is 0.0763. The molecular formula is C33H40O8. The second kappa shape index (κ2) is 9.65. The molecule has 1 aromatic rings. The second-order valence-electron chi connectivity index (χ2n) is 13.1. The van der Waals surface area contributed by atoms with E-state index in [1.54, 1.807) is 6.08 Å². The van der Waals surface area contributed by atoms with E-state index >= 15 is 0 Å². The van der Waals surface area contributed by atoms with E-state index < -0.39 is 75.8 Å². The topological polar surface area (TPSA) is 116 Å². The SMILES string of the molecule is C=C1C(OC(=O)C=Cc2ccccc2)CCC2(C)C(O)C(OC(C)=O)C34C(C)C(=O)CC(C(OC(C)=O)C123)C4(C)C. The number of hydrogen-bond donors (Lipinski definition) is 1. The Morgan fingerprint density at radius 3 is 2.22 bits per heavy atom. The van der Waals surface area contributed by atoms with E-state index in [1.807, 2.05) is 58.0 Å². The molecule has 2 bridgehead atoms. The van der Waals surface area contributed by atoms with Gasteiger partial charge in [0.2, 0.25) is 0 Å². The molecule has 4 fully saturated rings. The lowest BCUT2D eigenvalue weighted by Crippen LogP contribution is -2.63. The van der Waals surface area contributed by atoms with Crippen LogP contribution in [-0.4, -0.2) is 53.2 Å². The molecule has 9 atom stereocenters. The molecule has 0 aliphatic heterocycles. The highest BCUT2D eigenvalue weighted by Gasteiger charge is 2.91. The minimum atomic E-state index is -1.22. The Balaban J connectivity index is 1.69. The third-order valence-corrected chi connectivity index (χ3v) is 11.2. The van der Waals surface area contributed by atoms with Crippen molar-refractivity contribution < 1.29 is 38.5 Å². The van der Waals surface area contributed by atoms with E-state index in [-0.39, 0.29) is 12.2 Å². The summed E-state index contributed by atoms with van der Waals surface area (Å²) < 4.78 is 18.2. The van der Waals surface area contributed by atoms with Crippen molar-refractivity contribution in [3.05, 3.63) is 54.1 Å². The number of carbonyl (C=O) groups excluding carboxylic acids is 4. The molecule has 0 saturated heterocycles. The number of carbonyl (C=O) groups is 4. The van der Waals surface area contributed by atoms with Gasteiger partial charge < -0.3 is 19.3 Å². The van der Waals surface area contributed by atoms with Gasteiger partial charge in [0, 0.05) is 49.0 Å². The summed E-state index contributed by atoms with van der Waals surface area (Å²) in [6.45, 7) is 14.9. The maximum Gasteiger partial charge on any atom is 0.331 e. The molecule has 8 nitrogen and oxygen atoms in total. The summed E-state index contributed by atoms with van der Waals surface area (Å²) in [4.78, 5) is 52.0. The smallest absolute Gasteiger partial charge is 0.331 e. The first kappa shape index (κ1) is 29.2. The van der Waals surface area contributed by atoms with Gasteiger partial charge in [0.25, 0.3) is 0 Å². The molecule has 1 aromatic carbocycles. The zero-order valence-electron chi connectivity index (χ0n) is 24.6. The molecule has 0 heterocycles. The van der Waals surface area contributed by atoms with Crippen LogP contribution in [0.2, 0.25) is 0 Å². The molecule has 4 aliphatic carbocycles. The van der Waals surface area contributed by atoms with E-state index in [4.69, 9.17) is 14.2 Å². The maximum absolute atomic E-state index is 13.7. The van der Waals surface area contributed by atoms with Crippen molar-refractivity contribution in [3.63, 3.8) is 0 Å². The fraction of sp³-hybridized carbons (Fsp3) is 0.576. The molecule has 41 heavy (non-hydrogen) atoms. The highest BCUT2D eigenvalue weighted by molar-refractivity contribution is 5.88. The molecule has 1 N–H and O–H groups in total. The predicted octanol–water partition coefficient (Wildman–Crippen LogP) is 4.44. The zero-order valence-corrected chi connectivity index (χ0v) is 24.6.